The molecule has 2 aromatic rings. The van der Waals surface area contributed by atoms with Gasteiger partial charge in [0.05, 0.1) is 0 Å². The van der Waals surface area contributed by atoms with Gasteiger partial charge in [-0.1, -0.05) is 24.1 Å². The Morgan fingerprint density at radius 1 is 1.04 bits per heavy atom. The minimum absolute atomic E-state index is 0.183. The number of ether oxygens (including phenoxy) is 1. The molecule has 0 spiro atoms. The minimum Gasteiger partial charge on any atom is -0.423 e. The molecule has 0 radical (unpaired) electrons. The Hall–Kier alpha value is -2.65. The average molecular weight is 365 g/mol. The molecule has 3 heterocycles. The van der Waals surface area contributed by atoms with Crippen LogP contribution in [0.2, 0.25) is 0 Å². The number of hydrogen-bond acceptors (Lipinski definition) is 5. The molecule has 2 aliphatic heterocycles. The SMILES string of the molecule is O=C(C#Cc1ccccc1)N1CCCC[C@H]1c1nnc(C2CCOCC2)o1. The van der Waals surface area contributed by atoms with Crippen LogP contribution in [0.5, 0.6) is 0 Å². The molecule has 6 heteroatoms. The van der Waals surface area contributed by atoms with Gasteiger partial charge < -0.3 is 14.1 Å². The summed E-state index contributed by atoms with van der Waals surface area (Å²) < 4.78 is 11.4. The van der Waals surface area contributed by atoms with E-state index in [-0.39, 0.29) is 17.9 Å². The molecule has 0 aliphatic carbocycles. The first-order valence-electron chi connectivity index (χ1n) is 9.60. The Bertz CT molecular complexity index is 831. The van der Waals surface area contributed by atoms with E-state index in [1.165, 1.54) is 0 Å². The highest BCUT2D eigenvalue weighted by Crippen LogP contribution is 2.32. The Balaban J connectivity index is 1.50. The molecule has 0 unspecified atom stereocenters. The van der Waals surface area contributed by atoms with Crippen LogP contribution in [0.1, 0.15) is 61.4 Å². The third-order valence-corrected chi connectivity index (χ3v) is 5.16. The van der Waals surface area contributed by atoms with Crippen LogP contribution in [0.4, 0.5) is 0 Å². The van der Waals surface area contributed by atoms with Gasteiger partial charge in [-0.2, -0.15) is 0 Å². The molecule has 0 bridgehead atoms. The van der Waals surface area contributed by atoms with Crippen molar-refractivity contribution in [2.24, 2.45) is 0 Å². The second-order valence-corrected chi connectivity index (χ2v) is 6.99. The van der Waals surface area contributed by atoms with Gasteiger partial charge in [-0.15, -0.1) is 10.2 Å². The first-order chi connectivity index (χ1) is 13.3. The van der Waals surface area contributed by atoms with Crippen molar-refractivity contribution in [3.8, 4) is 11.8 Å². The summed E-state index contributed by atoms with van der Waals surface area (Å²) >= 11 is 0. The van der Waals surface area contributed by atoms with E-state index in [0.29, 0.717) is 18.3 Å². The fraction of sp³-hybridized carbons (Fsp3) is 0.476. The Morgan fingerprint density at radius 3 is 2.63 bits per heavy atom. The number of amides is 1. The number of rotatable bonds is 2. The summed E-state index contributed by atoms with van der Waals surface area (Å²) in [6.07, 6.45) is 4.63. The number of piperidine rings is 1. The second kappa shape index (κ2) is 8.36. The van der Waals surface area contributed by atoms with Crippen LogP contribution >= 0.6 is 0 Å². The molecule has 2 fully saturated rings. The topological polar surface area (TPSA) is 68.5 Å². The molecule has 4 rings (SSSR count). The molecule has 1 aromatic heterocycles. The van der Waals surface area contributed by atoms with E-state index in [1.807, 2.05) is 30.3 Å². The molecule has 1 aromatic carbocycles. The van der Waals surface area contributed by atoms with Crippen LogP contribution < -0.4 is 0 Å². The molecule has 140 valence electrons. The fourth-order valence-corrected chi connectivity index (χ4v) is 3.64. The zero-order valence-electron chi connectivity index (χ0n) is 15.3. The van der Waals surface area contributed by atoms with Gasteiger partial charge in [-0.25, -0.2) is 0 Å². The monoisotopic (exact) mass is 365 g/mol. The Kier molecular flexibility index (Phi) is 5.50. The number of carbonyl (C=O) groups is 1. The van der Waals surface area contributed by atoms with E-state index >= 15 is 0 Å². The van der Waals surface area contributed by atoms with Gasteiger partial charge in [0.15, 0.2) is 0 Å². The number of aromatic nitrogens is 2. The highest BCUT2D eigenvalue weighted by atomic mass is 16.5. The first-order valence-corrected chi connectivity index (χ1v) is 9.60. The zero-order valence-corrected chi connectivity index (χ0v) is 15.3. The maximum absolute atomic E-state index is 12.7. The summed E-state index contributed by atoms with van der Waals surface area (Å²) in [5, 5.41) is 8.52. The third kappa shape index (κ3) is 4.20. The van der Waals surface area contributed by atoms with E-state index in [9.17, 15) is 4.79 Å². The summed E-state index contributed by atoms with van der Waals surface area (Å²) in [6, 6.07) is 9.36. The number of nitrogens with zero attached hydrogens (tertiary/aromatic N) is 3. The molecule has 27 heavy (non-hydrogen) atoms. The van der Waals surface area contributed by atoms with Crippen LogP contribution in [0.15, 0.2) is 34.7 Å². The number of benzene rings is 1. The lowest BCUT2D eigenvalue weighted by Gasteiger charge is -2.32. The van der Waals surface area contributed by atoms with E-state index in [1.54, 1.807) is 4.90 Å². The van der Waals surface area contributed by atoms with Crippen LogP contribution in [0, 0.1) is 11.8 Å². The standard InChI is InChI=1S/C21H23N3O3/c25-19(10-9-16-6-2-1-3-7-16)24-13-5-4-8-18(24)21-23-22-20(27-21)17-11-14-26-15-12-17/h1-3,6-7,17-18H,4-5,8,11-15H2/t18-/m0/s1. The zero-order chi connectivity index (χ0) is 18.5. The quantitative estimate of drug-likeness (QED) is 0.765. The van der Waals surface area contributed by atoms with Crippen molar-refractivity contribution < 1.29 is 13.9 Å². The second-order valence-electron chi connectivity index (χ2n) is 6.99. The first kappa shape index (κ1) is 17.7. The Morgan fingerprint density at radius 2 is 1.81 bits per heavy atom. The maximum atomic E-state index is 12.7. The number of hydrogen-bond donors (Lipinski definition) is 0. The van der Waals surface area contributed by atoms with Crippen LogP contribution in [-0.2, 0) is 9.53 Å². The maximum Gasteiger partial charge on any atom is 0.299 e. The van der Waals surface area contributed by atoms with Gasteiger partial charge in [0.25, 0.3) is 5.91 Å². The minimum atomic E-state index is -0.186. The lowest BCUT2D eigenvalue weighted by molar-refractivity contribution is -0.129. The summed E-state index contributed by atoms with van der Waals surface area (Å²) in [4.78, 5) is 14.5. The van der Waals surface area contributed by atoms with E-state index < -0.39 is 0 Å². The normalized spacial score (nSPS) is 20.7. The van der Waals surface area contributed by atoms with Crippen molar-refractivity contribution in [1.82, 2.24) is 15.1 Å². The smallest absolute Gasteiger partial charge is 0.299 e. The van der Waals surface area contributed by atoms with Crippen molar-refractivity contribution >= 4 is 5.91 Å². The van der Waals surface area contributed by atoms with Gasteiger partial charge in [0, 0.05) is 37.2 Å². The van der Waals surface area contributed by atoms with Crippen molar-refractivity contribution in [2.45, 2.75) is 44.1 Å². The third-order valence-electron chi connectivity index (χ3n) is 5.16. The predicted octanol–water partition coefficient (Wildman–Crippen LogP) is 3.07. The van der Waals surface area contributed by atoms with E-state index in [4.69, 9.17) is 9.15 Å². The molecule has 1 atom stereocenters. The number of likely N-dealkylation sites (tertiary alicyclic amines) is 1. The van der Waals surface area contributed by atoms with Crippen molar-refractivity contribution in [2.75, 3.05) is 19.8 Å². The van der Waals surface area contributed by atoms with Gasteiger partial charge >= 0.3 is 0 Å². The van der Waals surface area contributed by atoms with Crippen LogP contribution in [-0.4, -0.2) is 40.8 Å². The van der Waals surface area contributed by atoms with Crippen LogP contribution in [0.25, 0.3) is 0 Å². The Labute approximate surface area is 158 Å². The predicted molar refractivity (Wildman–Crippen MR) is 98.7 cm³/mol. The molecule has 2 saturated heterocycles. The summed E-state index contributed by atoms with van der Waals surface area (Å²) in [5.41, 5.74) is 0.832. The fourth-order valence-electron chi connectivity index (χ4n) is 3.64. The number of carbonyl (C=O) groups excluding carboxylic acids is 1. The molecule has 0 saturated carbocycles. The highest BCUT2D eigenvalue weighted by Gasteiger charge is 2.32. The van der Waals surface area contributed by atoms with Gasteiger partial charge in [-0.05, 0) is 44.2 Å². The lowest BCUT2D eigenvalue weighted by Crippen LogP contribution is -2.38. The van der Waals surface area contributed by atoms with Gasteiger partial charge in [0.2, 0.25) is 11.8 Å². The van der Waals surface area contributed by atoms with Crippen molar-refractivity contribution in [3.05, 3.63) is 47.7 Å². The largest absolute Gasteiger partial charge is 0.423 e. The molecular formula is C21H23N3O3. The van der Waals surface area contributed by atoms with Crippen molar-refractivity contribution in [1.29, 1.82) is 0 Å². The van der Waals surface area contributed by atoms with Crippen molar-refractivity contribution in [3.63, 3.8) is 0 Å². The molecular weight excluding hydrogens is 342 g/mol. The summed E-state index contributed by atoms with van der Waals surface area (Å²) in [6.45, 7) is 2.12. The lowest BCUT2D eigenvalue weighted by atomic mass is 10.0. The molecule has 0 N–H and O–H groups in total. The highest BCUT2D eigenvalue weighted by molar-refractivity contribution is 5.94. The molecule has 6 nitrogen and oxygen atoms in total. The van der Waals surface area contributed by atoms with Gasteiger partial charge in [0.1, 0.15) is 6.04 Å². The van der Waals surface area contributed by atoms with E-state index in [0.717, 1.165) is 50.9 Å². The molecule has 1 amide bonds. The van der Waals surface area contributed by atoms with E-state index in [2.05, 4.69) is 22.0 Å². The summed E-state index contributed by atoms with van der Waals surface area (Å²) in [7, 11) is 0. The molecule has 2 aliphatic rings. The average Bonchev–Trinajstić information content (AvgIpc) is 3.23. The van der Waals surface area contributed by atoms with Crippen LogP contribution in [0.3, 0.4) is 0 Å². The summed E-state index contributed by atoms with van der Waals surface area (Å²) in [5.74, 6) is 6.99. The van der Waals surface area contributed by atoms with Gasteiger partial charge in [-0.3, -0.25) is 4.79 Å².